The second-order valence-electron chi connectivity index (χ2n) is 7.15. The number of carbonyl (C=O) groups is 1. The number of rotatable bonds is 8. The summed E-state index contributed by atoms with van der Waals surface area (Å²) in [5, 5.41) is 9.31. The molecule has 3 N–H and O–H groups in total. The minimum absolute atomic E-state index is 0.109. The third-order valence-electron chi connectivity index (χ3n) is 4.73. The monoisotopic (exact) mass is 424 g/mol. The molecule has 0 unspecified atom stereocenters. The Morgan fingerprint density at radius 3 is 2.25 bits per heavy atom. The Hall–Kier alpha value is -4.26. The van der Waals surface area contributed by atoms with Crippen LogP contribution in [0.15, 0.2) is 85.1 Å². The zero-order valence-corrected chi connectivity index (χ0v) is 17.7. The maximum Gasteiger partial charge on any atom is 0.251 e. The molecular formula is C25H24N6O. The van der Waals surface area contributed by atoms with Gasteiger partial charge in [0.05, 0.1) is 0 Å². The molecule has 1 amide bonds. The van der Waals surface area contributed by atoms with Gasteiger partial charge in [0.15, 0.2) is 0 Å². The van der Waals surface area contributed by atoms with Gasteiger partial charge in [-0.25, -0.2) is 15.0 Å². The Bertz CT molecular complexity index is 1160. The molecule has 0 aliphatic carbocycles. The van der Waals surface area contributed by atoms with Gasteiger partial charge in [0.2, 0.25) is 0 Å². The second kappa shape index (κ2) is 10.2. The third-order valence-corrected chi connectivity index (χ3v) is 4.73. The highest BCUT2D eigenvalue weighted by molar-refractivity contribution is 5.94. The fourth-order valence-corrected chi connectivity index (χ4v) is 3.20. The van der Waals surface area contributed by atoms with Crippen molar-refractivity contribution in [1.29, 1.82) is 0 Å². The van der Waals surface area contributed by atoms with Crippen molar-refractivity contribution in [3.8, 4) is 11.1 Å². The van der Waals surface area contributed by atoms with E-state index in [0.29, 0.717) is 41.9 Å². The van der Waals surface area contributed by atoms with Crippen LogP contribution in [0.3, 0.4) is 0 Å². The van der Waals surface area contributed by atoms with Crippen molar-refractivity contribution in [2.45, 2.75) is 6.92 Å². The number of hydrogen-bond acceptors (Lipinski definition) is 6. The molecule has 7 heteroatoms. The van der Waals surface area contributed by atoms with Crippen molar-refractivity contribution in [2.75, 3.05) is 23.7 Å². The Morgan fingerprint density at radius 1 is 0.781 bits per heavy atom. The van der Waals surface area contributed by atoms with Gasteiger partial charge < -0.3 is 16.0 Å². The average Bonchev–Trinajstić information content (AvgIpc) is 2.83. The van der Waals surface area contributed by atoms with Crippen molar-refractivity contribution in [1.82, 2.24) is 20.3 Å². The van der Waals surface area contributed by atoms with Crippen LogP contribution in [0.1, 0.15) is 16.2 Å². The number of benzene rings is 2. The lowest BCUT2D eigenvalue weighted by Crippen LogP contribution is -2.28. The van der Waals surface area contributed by atoms with Gasteiger partial charge in [-0.15, -0.1) is 0 Å². The Labute approximate surface area is 187 Å². The predicted molar refractivity (Wildman–Crippen MR) is 127 cm³/mol. The number of nitrogens with zero attached hydrogens (tertiary/aromatic N) is 3. The predicted octanol–water partition coefficient (Wildman–Crippen LogP) is 4.43. The summed E-state index contributed by atoms with van der Waals surface area (Å²) in [5.41, 5.74) is 2.84. The molecule has 2 aromatic carbocycles. The van der Waals surface area contributed by atoms with Gasteiger partial charge in [-0.3, -0.25) is 4.79 Å². The van der Waals surface area contributed by atoms with Gasteiger partial charge in [-0.2, -0.15) is 0 Å². The van der Waals surface area contributed by atoms with Crippen molar-refractivity contribution in [3.05, 3.63) is 96.4 Å². The van der Waals surface area contributed by atoms with Gasteiger partial charge in [-0.1, -0.05) is 48.5 Å². The molecule has 0 atom stereocenters. The van der Waals surface area contributed by atoms with Gasteiger partial charge in [0, 0.05) is 30.9 Å². The maximum atomic E-state index is 12.4. The van der Waals surface area contributed by atoms with E-state index in [4.69, 9.17) is 0 Å². The first-order chi connectivity index (χ1) is 15.7. The zero-order chi connectivity index (χ0) is 22.2. The molecule has 0 aliphatic rings. The molecular weight excluding hydrogens is 400 g/mol. The Balaban J connectivity index is 1.28. The summed E-state index contributed by atoms with van der Waals surface area (Å²) in [6.07, 6.45) is 1.72. The highest BCUT2D eigenvalue weighted by atomic mass is 16.1. The number of amides is 1. The molecule has 32 heavy (non-hydrogen) atoms. The molecule has 2 aromatic heterocycles. The van der Waals surface area contributed by atoms with E-state index in [9.17, 15) is 4.79 Å². The SMILES string of the molecule is Cc1nc(NCCNC(=O)c2ccc(-c3ccccc3)cc2)cc(Nc2ccccn2)n1. The van der Waals surface area contributed by atoms with Crippen LogP contribution >= 0.6 is 0 Å². The number of nitrogens with one attached hydrogen (secondary N) is 3. The molecule has 0 saturated heterocycles. The van der Waals surface area contributed by atoms with Gasteiger partial charge >= 0.3 is 0 Å². The number of aromatic nitrogens is 3. The van der Waals surface area contributed by atoms with Crippen molar-refractivity contribution >= 4 is 23.4 Å². The van der Waals surface area contributed by atoms with Crippen LogP contribution in [0.2, 0.25) is 0 Å². The highest BCUT2D eigenvalue weighted by Crippen LogP contribution is 2.19. The lowest BCUT2D eigenvalue weighted by molar-refractivity contribution is 0.0955. The van der Waals surface area contributed by atoms with Gasteiger partial charge in [-0.05, 0) is 42.3 Å². The molecule has 0 bridgehead atoms. The van der Waals surface area contributed by atoms with Crippen LogP contribution in [-0.4, -0.2) is 33.9 Å². The van der Waals surface area contributed by atoms with Crippen molar-refractivity contribution in [3.63, 3.8) is 0 Å². The Kier molecular flexibility index (Phi) is 6.67. The molecule has 0 aliphatic heterocycles. The van der Waals surface area contributed by atoms with Gasteiger partial charge in [0.25, 0.3) is 5.91 Å². The quantitative estimate of drug-likeness (QED) is 0.362. The second-order valence-corrected chi connectivity index (χ2v) is 7.15. The fourth-order valence-electron chi connectivity index (χ4n) is 3.20. The van der Waals surface area contributed by atoms with E-state index >= 15 is 0 Å². The van der Waals surface area contributed by atoms with E-state index in [1.54, 1.807) is 6.20 Å². The van der Waals surface area contributed by atoms with Crippen LogP contribution in [0.25, 0.3) is 11.1 Å². The van der Waals surface area contributed by atoms with Crippen LogP contribution in [0.4, 0.5) is 17.5 Å². The molecule has 160 valence electrons. The summed E-state index contributed by atoms with van der Waals surface area (Å²) in [4.78, 5) is 25.4. The van der Waals surface area contributed by atoms with Crippen molar-refractivity contribution in [2.24, 2.45) is 0 Å². The summed E-state index contributed by atoms with van der Waals surface area (Å²) in [6, 6.07) is 25.1. The van der Waals surface area contributed by atoms with Crippen LogP contribution in [0, 0.1) is 6.92 Å². The minimum atomic E-state index is -0.109. The summed E-state index contributed by atoms with van der Waals surface area (Å²) >= 11 is 0. The van der Waals surface area contributed by atoms with E-state index in [1.165, 1.54) is 0 Å². The van der Waals surface area contributed by atoms with Crippen LogP contribution in [-0.2, 0) is 0 Å². The van der Waals surface area contributed by atoms with Crippen LogP contribution < -0.4 is 16.0 Å². The van der Waals surface area contributed by atoms with E-state index in [1.807, 2.05) is 85.8 Å². The topological polar surface area (TPSA) is 91.8 Å². The largest absolute Gasteiger partial charge is 0.368 e. The molecule has 4 rings (SSSR count). The number of anilines is 3. The number of carbonyl (C=O) groups excluding carboxylic acids is 1. The number of hydrogen-bond donors (Lipinski definition) is 3. The van der Waals surface area contributed by atoms with E-state index in [2.05, 4.69) is 30.9 Å². The smallest absolute Gasteiger partial charge is 0.251 e. The van der Waals surface area contributed by atoms with E-state index in [0.717, 1.165) is 11.1 Å². The maximum absolute atomic E-state index is 12.4. The molecule has 0 fully saturated rings. The molecule has 4 aromatic rings. The number of aryl methyl sites for hydroxylation is 1. The highest BCUT2D eigenvalue weighted by Gasteiger charge is 2.06. The number of pyridine rings is 1. The lowest BCUT2D eigenvalue weighted by Gasteiger charge is -2.11. The first-order valence-corrected chi connectivity index (χ1v) is 10.4. The molecule has 0 spiro atoms. The van der Waals surface area contributed by atoms with E-state index in [-0.39, 0.29) is 5.91 Å². The lowest BCUT2D eigenvalue weighted by atomic mass is 10.0. The molecule has 0 radical (unpaired) electrons. The zero-order valence-electron chi connectivity index (χ0n) is 17.7. The first kappa shape index (κ1) is 21.0. The van der Waals surface area contributed by atoms with Crippen molar-refractivity contribution < 1.29 is 4.79 Å². The molecule has 7 nitrogen and oxygen atoms in total. The fraction of sp³-hybridized carbons (Fsp3) is 0.120. The summed E-state index contributed by atoms with van der Waals surface area (Å²) in [5.74, 6) is 2.57. The summed E-state index contributed by atoms with van der Waals surface area (Å²) < 4.78 is 0. The Morgan fingerprint density at radius 2 is 1.50 bits per heavy atom. The minimum Gasteiger partial charge on any atom is -0.368 e. The average molecular weight is 425 g/mol. The van der Waals surface area contributed by atoms with Gasteiger partial charge in [0.1, 0.15) is 23.3 Å². The standard InChI is InChI=1S/C25H24N6O/c1-18-29-23(17-24(30-18)31-22-9-5-6-14-26-22)27-15-16-28-25(32)21-12-10-20(11-13-21)19-7-3-2-4-8-19/h2-14,17H,15-16H2,1H3,(H,28,32)(H2,26,27,29,30,31). The molecule has 2 heterocycles. The summed E-state index contributed by atoms with van der Waals surface area (Å²) in [7, 11) is 0. The van der Waals surface area contributed by atoms with E-state index < -0.39 is 0 Å². The normalized spacial score (nSPS) is 10.4. The molecule has 0 saturated carbocycles. The first-order valence-electron chi connectivity index (χ1n) is 10.4. The third kappa shape index (κ3) is 5.66. The summed E-state index contributed by atoms with van der Waals surface area (Å²) in [6.45, 7) is 2.83. The van der Waals surface area contributed by atoms with Crippen LogP contribution in [0.5, 0.6) is 0 Å².